The standard InChI is InChI=1S/C14H15BrN2O3S/c1-20-14-3-2-12(10-13(14)15)21(18,19)17-9-6-11-4-7-16-8-5-11/h2-5,7-8,10,17H,6,9H2,1H3. The van der Waals surface area contributed by atoms with E-state index < -0.39 is 10.0 Å². The van der Waals surface area contributed by atoms with Gasteiger partial charge in [0.15, 0.2) is 0 Å². The highest BCUT2D eigenvalue weighted by Crippen LogP contribution is 2.27. The second-order valence-corrected chi connectivity index (χ2v) is 6.92. The number of aromatic nitrogens is 1. The Morgan fingerprint density at radius 3 is 2.57 bits per heavy atom. The second kappa shape index (κ2) is 7.02. The molecule has 0 unspecified atom stereocenters. The van der Waals surface area contributed by atoms with E-state index in [4.69, 9.17) is 4.74 Å². The van der Waals surface area contributed by atoms with Crippen molar-refractivity contribution in [2.24, 2.45) is 0 Å². The molecule has 1 aromatic heterocycles. The van der Waals surface area contributed by atoms with Crippen LogP contribution in [0.1, 0.15) is 5.56 Å². The normalized spacial score (nSPS) is 11.3. The van der Waals surface area contributed by atoms with Gasteiger partial charge in [0.05, 0.1) is 16.5 Å². The molecular weight excluding hydrogens is 356 g/mol. The molecule has 1 N–H and O–H groups in total. The number of rotatable bonds is 6. The van der Waals surface area contributed by atoms with E-state index in [1.165, 1.54) is 19.2 Å². The predicted molar refractivity (Wildman–Crippen MR) is 83.8 cm³/mol. The molecule has 0 aliphatic heterocycles. The molecule has 0 aliphatic rings. The van der Waals surface area contributed by atoms with Crippen molar-refractivity contribution in [2.45, 2.75) is 11.3 Å². The van der Waals surface area contributed by atoms with Crippen molar-refractivity contribution in [1.29, 1.82) is 0 Å². The number of pyridine rings is 1. The van der Waals surface area contributed by atoms with Crippen LogP contribution in [-0.2, 0) is 16.4 Å². The molecule has 7 heteroatoms. The van der Waals surface area contributed by atoms with Gasteiger partial charge in [-0.15, -0.1) is 0 Å². The second-order valence-electron chi connectivity index (χ2n) is 4.30. The molecule has 0 bridgehead atoms. The molecule has 1 aromatic carbocycles. The van der Waals surface area contributed by atoms with E-state index in [1.807, 2.05) is 12.1 Å². The van der Waals surface area contributed by atoms with Gasteiger partial charge in [-0.1, -0.05) is 0 Å². The van der Waals surface area contributed by atoms with Crippen LogP contribution in [0.15, 0.2) is 52.1 Å². The van der Waals surface area contributed by atoms with Gasteiger partial charge in [0.1, 0.15) is 5.75 Å². The Labute approximate surface area is 132 Å². The zero-order chi connectivity index (χ0) is 15.3. The van der Waals surface area contributed by atoms with Crippen molar-refractivity contribution in [2.75, 3.05) is 13.7 Å². The van der Waals surface area contributed by atoms with Gasteiger partial charge in [-0.2, -0.15) is 0 Å². The zero-order valence-electron chi connectivity index (χ0n) is 11.4. The maximum atomic E-state index is 12.2. The SMILES string of the molecule is COc1ccc(S(=O)(=O)NCCc2ccncc2)cc1Br. The molecular formula is C14H15BrN2O3S. The Hall–Kier alpha value is -1.44. The first kappa shape index (κ1) is 15.9. The fourth-order valence-corrected chi connectivity index (χ4v) is 3.53. The van der Waals surface area contributed by atoms with Crippen LogP contribution >= 0.6 is 15.9 Å². The van der Waals surface area contributed by atoms with Gasteiger partial charge < -0.3 is 4.74 Å². The van der Waals surface area contributed by atoms with Crippen LogP contribution in [0, 0.1) is 0 Å². The maximum Gasteiger partial charge on any atom is 0.240 e. The topological polar surface area (TPSA) is 68.3 Å². The third-order valence-electron chi connectivity index (χ3n) is 2.89. The molecule has 0 spiro atoms. The molecule has 5 nitrogen and oxygen atoms in total. The maximum absolute atomic E-state index is 12.2. The number of hydrogen-bond donors (Lipinski definition) is 1. The van der Waals surface area contributed by atoms with Crippen LogP contribution in [0.4, 0.5) is 0 Å². The summed E-state index contributed by atoms with van der Waals surface area (Å²) in [5.74, 6) is 0.589. The van der Waals surface area contributed by atoms with Crippen LogP contribution in [0.3, 0.4) is 0 Å². The molecule has 0 fully saturated rings. The van der Waals surface area contributed by atoms with E-state index in [-0.39, 0.29) is 4.90 Å². The van der Waals surface area contributed by atoms with Gasteiger partial charge in [-0.25, -0.2) is 13.1 Å². The third kappa shape index (κ3) is 4.26. The van der Waals surface area contributed by atoms with Crippen LogP contribution in [0.25, 0.3) is 0 Å². The van der Waals surface area contributed by atoms with Crippen LogP contribution in [-0.4, -0.2) is 27.1 Å². The van der Waals surface area contributed by atoms with Crippen molar-refractivity contribution in [3.8, 4) is 5.75 Å². The van der Waals surface area contributed by atoms with Crippen molar-refractivity contribution >= 4 is 26.0 Å². The Bertz CT molecular complexity index is 705. The molecule has 0 aliphatic carbocycles. The summed E-state index contributed by atoms with van der Waals surface area (Å²) >= 11 is 3.28. The van der Waals surface area contributed by atoms with Crippen molar-refractivity contribution in [1.82, 2.24) is 9.71 Å². The van der Waals surface area contributed by atoms with Gasteiger partial charge in [0.2, 0.25) is 10.0 Å². The molecule has 0 radical (unpaired) electrons. The number of nitrogens with zero attached hydrogens (tertiary/aromatic N) is 1. The molecule has 2 aromatic rings. The Kier molecular flexibility index (Phi) is 5.33. The van der Waals surface area contributed by atoms with Gasteiger partial charge in [-0.05, 0) is 58.2 Å². The summed E-state index contributed by atoms with van der Waals surface area (Å²) < 4.78 is 32.6. The monoisotopic (exact) mass is 370 g/mol. The van der Waals surface area contributed by atoms with Crippen molar-refractivity contribution < 1.29 is 13.2 Å². The molecule has 0 amide bonds. The number of benzene rings is 1. The quantitative estimate of drug-likeness (QED) is 0.847. The van der Waals surface area contributed by atoms with E-state index in [0.29, 0.717) is 23.2 Å². The summed E-state index contributed by atoms with van der Waals surface area (Å²) in [6, 6.07) is 8.37. The molecule has 1 heterocycles. The van der Waals surface area contributed by atoms with Gasteiger partial charge in [0, 0.05) is 18.9 Å². The first-order valence-corrected chi connectivity index (χ1v) is 8.52. The number of hydrogen-bond acceptors (Lipinski definition) is 4. The Morgan fingerprint density at radius 1 is 1.24 bits per heavy atom. The number of methoxy groups -OCH3 is 1. The number of ether oxygens (including phenoxy) is 1. The molecule has 0 saturated carbocycles. The fraction of sp³-hybridized carbons (Fsp3) is 0.214. The average molecular weight is 371 g/mol. The van der Waals surface area contributed by atoms with Gasteiger partial charge in [-0.3, -0.25) is 4.98 Å². The van der Waals surface area contributed by atoms with Crippen molar-refractivity contribution in [3.05, 3.63) is 52.8 Å². The van der Waals surface area contributed by atoms with Gasteiger partial charge >= 0.3 is 0 Å². The van der Waals surface area contributed by atoms with Gasteiger partial charge in [0.25, 0.3) is 0 Å². The number of halogens is 1. The van der Waals surface area contributed by atoms with E-state index in [2.05, 4.69) is 25.6 Å². The highest BCUT2D eigenvalue weighted by molar-refractivity contribution is 9.10. The summed E-state index contributed by atoms with van der Waals surface area (Å²) in [7, 11) is -2.00. The summed E-state index contributed by atoms with van der Waals surface area (Å²) in [5, 5.41) is 0. The smallest absolute Gasteiger partial charge is 0.240 e. The summed E-state index contributed by atoms with van der Waals surface area (Å²) in [4.78, 5) is 4.12. The zero-order valence-corrected chi connectivity index (χ0v) is 13.8. The Balaban J connectivity index is 2.03. The van der Waals surface area contributed by atoms with Crippen LogP contribution in [0.5, 0.6) is 5.75 Å². The number of sulfonamides is 1. The summed E-state index contributed by atoms with van der Waals surface area (Å²) in [5.41, 5.74) is 1.03. The lowest BCUT2D eigenvalue weighted by atomic mass is 10.2. The first-order chi connectivity index (χ1) is 10.0. The highest BCUT2D eigenvalue weighted by Gasteiger charge is 2.15. The predicted octanol–water partition coefficient (Wildman–Crippen LogP) is 2.37. The molecule has 0 atom stereocenters. The average Bonchev–Trinajstić information content (AvgIpc) is 2.48. The minimum Gasteiger partial charge on any atom is -0.496 e. The Morgan fingerprint density at radius 2 is 1.95 bits per heavy atom. The number of nitrogens with one attached hydrogen (secondary N) is 1. The third-order valence-corrected chi connectivity index (χ3v) is 4.97. The fourth-order valence-electron chi connectivity index (χ4n) is 1.78. The summed E-state index contributed by atoms with van der Waals surface area (Å²) in [6.07, 6.45) is 3.98. The van der Waals surface area contributed by atoms with E-state index in [0.717, 1.165) is 5.56 Å². The lowest BCUT2D eigenvalue weighted by molar-refractivity contribution is 0.411. The molecule has 21 heavy (non-hydrogen) atoms. The van der Waals surface area contributed by atoms with E-state index in [1.54, 1.807) is 18.5 Å². The molecule has 2 rings (SSSR count). The summed E-state index contributed by atoms with van der Waals surface area (Å²) in [6.45, 7) is 0.329. The van der Waals surface area contributed by atoms with Crippen LogP contribution in [0.2, 0.25) is 0 Å². The van der Waals surface area contributed by atoms with Crippen molar-refractivity contribution in [3.63, 3.8) is 0 Å². The highest BCUT2D eigenvalue weighted by atomic mass is 79.9. The lowest BCUT2D eigenvalue weighted by Crippen LogP contribution is -2.26. The minimum absolute atomic E-state index is 0.199. The minimum atomic E-state index is -3.53. The first-order valence-electron chi connectivity index (χ1n) is 6.25. The molecule has 112 valence electrons. The van der Waals surface area contributed by atoms with E-state index in [9.17, 15) is 8.42 Å². The molecule has 0 saturated heterocycles. The van der Waals surface area contributed by atoms with Crippen LogP contribution < -0.4 is 9.46 Å². The van der Waals surface area contributed by atoms with E-state index >= 15 is 0 Å². The largest absolute Gasteiger partial charge is 0.496 e. The lowest BCUT2D eigenvalue weighted by Gasteiger charge is -2.09.